The van der Waals surface area contributed by atoms with E-state index in [-0.39, 0.29) is 11.4 Å². The van der Waals surface area contributed by atoms with E-state index < -0.39 is 18.2 Å². The lowest BCUT2D eigenvalue weighted by Crippen LogP contribution is -2.05. The molecule has 9 heteroatoms. The highest BCUT2D eigenvalue weighted by Gasteiger charge is 2.17. The Morgan fingerprint density at radius 2 is 2.28 bits per heavy atom. The normalized spacial score (nSPS) is 11.1. The fourth-order valence-electron chi connectivity index (χ4n) is 1.19. The van der Waals surface area contributed by atoms with E-state index >= 15 is 0 Å². The van der Waals surface area contributed by atoms with Gasteiger partial charge in [0, 0.05) is 0 Å². The Morgan fingerprint density at radius 3 is 2.94 bits per heavy atom. The molecule has 0 fully saturated rings. The Morgan fingerprint density at radius 1 is 1.50 bits per heavy atom. The highest BCUT2D eigenvalue weighted by Crippen LogP contribution is 2.19. The molecule has 0 aliphatic carbocycles. The number of methoxy groups -OCH3 is 1. The van der Waals surface area contributed by atoms with Gasteiger partial charge < -0.3 is 4.74 Å². The SMILES string of the molecule is COC(=O)CSc1ccc2nnc(C(F)F)n2n1. The predicted octanol–water partition coefficient (Wildman–Crippen LogP) is 1.33. The third-order valence-corrected chi connectivity index (χ3v) is 2.92. The molecule has 0 saturated heterocycles. The van der Waals surface area contributed by atoms with Crippen molar-refractivity contribution in [3.05, 3.63) is 18.0 Å². The summed E-state index contributed by atoms with van der Waals surface area (Å²) in [6.07, 6.45) is -2.76. The zero-order valence-corrected chi connectivity index (χ0v) is 10.0. The maximum Gasteiger partial charge on any atom is 0.316 e. The van der Waals surface area contributed by atoms with Gasteiger partial charge in [-0.1, -0.05) is 11.8 Å². The maximum atomic E-state index is 12.6. The zero-order valence-electron chi connectivity index (χ0n) is 9.21. The molecule has 2 heterocycles. The van der Waals surface area contributed by atoms with Crippen LogP contribution in [0.3, 0.4) is 0 Å². The third kappa shape index (κ3) is 2.55. The van der Waals surface area contributed by atoms with Gasteiger partial charge >= 0.3 is 5.97 Å². The molecule has 96 valence electrons. The minimum absolute atomic E-state index is 0.0567. The summed E-state index contributed by atoms with van der Waals surface area (Å²) in [5.74, 6) is -0.883. The second-order valence-electron chi connectivity index (χ2n) is 3.17. The summed E-state index contributed by atoms with van der Waals surface area (Å²) in [6.45, 7) is 0. The van der Waals surface area contributed by atoms with Crippen molar-refractivity contribution in [2.45, 2.75) is 11.5 Å². The first-order chi connectivity index (χ1) is 8.61. The van der Waals surface area contributed by atoms with Gasteiger partial charge in [-0.15, -0.1) is 10.2 Å². The van der Waals surface area contributed by atoms with Gasteiger partial charge in [0.25, 0.3) is 6.43 Å². The molecule has 0 amide bonds. The van der Waals surface area contributed by atoms with Crippen molar-refractivity contribution >= 4 is 23.4 Å². The summed E-state index contributed by atoms with van der Waals surface area (Å²) in [4.78, 5) is 11.0. The van der Waals surface area contributed by atoms with Crippen molar-refractivity contribution in [2.75, 3.05) is 12.9 Å². The summed E-state index contributed by atoms with van der Waals surface area (Å²) in [5.41, 5.74) is 0.229. The standard InChI is InChI=1S/C9H8F2N4O2S/c1-17-7(16)4-18-6-3-2-5-12-13-9(8(10)11)15(5)14-6/h2-3,8H,4H2,1H3. The summed E-state index contributed by atoms with van der Waals surface area (Å²) < 4.78 is 30.6. The number of halogens is 2. The van der Waals surface area contributed by atoms with Crippen molar-refractivity contribution in [3.63, 3.8) is 0 Å². The molecule has 6 nitrogen and oxygen atoms in total. The molecule has 0 aliphatic rings. The molecular formula is C9H8F2N4O2S. The Balaban J connectivity index is 2.25. The van der Waals surface area contributed by atoms with Crippen LogP contribution in [0.25, 0.3) is 5.65 Å². The second kappa shape index (κ2) is 5.25. The van der Waals surface area contributed by atoms with E-state index in [1.54, 1.807) is 6.07 Å². The van der Waals surface area contributed by atoms with Crippen LogP contribution in [-0.2, 0) is 9.53 Å². The molecule has 18 heavy (non-hydrogen) atoms. The van der Waals surface area contributed by atoms with Crippen molar-refractivity contribution in [3.8, 4) is 0 Å². The average Bonchev–Trinajstić information content (AvgIpc) is 2.78. The summed E-state index contributed by atoms with van der Waals surface area (Å²) in [7, 11) is 1.27. The number of aromatic nitrogens is 4. The number of carbonyl (C=O) groups is 1. The van der Waals surface area contributed by atoms with Crippen molar-refractivity contribution in [1.29, 1.82) is 0 Å². The molecule has 2 aromatic rings. The second-order valence-corrected chi connectivity index (χ2v) is 4.16. The molecule has 0 N–H and O–H groups in total. The fraction of sp³-hybridized carbons (Fsp3) is 0.333. The summed E-state index contributed by atoms with van der Waals surface area (Å²) in [5, 5.41) is 11.3. The molecule has 0 atom stereocenters. The molecule has 0 saturated carbocycles. The summed E-state index contributed by atoms with van der Waals surface area (Å²) >= 11 is 1.08. The average molecular weight is 274 g/mol. The third-order valence-electron chi connectivity index (χ3n) is 2.02. The van der Waals surface area contributed by atoms with E-state index in [0.29, 0.717) is 5.03 Å². The van der Waals surface area contributed by atoms with Crippen LogP contribution >= 0.6 is 11.8 Å². The Hall–Kier alpha value is -1.77. The van der Waals surface area contributed by atoms with E-state index in [4.69, 9.17) is 0 Å². The smallest absolute Gasteiger partial charge is 0.316 e. The first kappa shape index (κ1) is 12.7. The van der Waals surface area contributed by atoms with Crippen LogP contribution in [0.5, 0.6) is 0 Å². The number of rotatable bonds is 4. The number of esters is 1. The van der Waals surface area contributed by atoms with Crippen LogP contribution in [0.4, 0.5) is 8.78 Å². The molecule has 0 radical (unpaired) electrons. The first-order valence-corrected chi connectivity index (χ1v) is 5.80. The molecule has 0 spiro atoms. The lowest BCUT2D eigenvalue weighted by Gasteiger charge is -2.01. The largest absolute Gasteiger partial charge is 0.468 e. The van der Waals surface area contributed by atoms with E-state index in [1.165, 1.54) is 13.2 Å². The van der Waals surface area contributed by atoms with E-state index in [0.717, 1.165) is 16.3 Å². The number of alkyl halides is 2. The maximum absolute atomic E-state index is 12.6. The quantitative estimate of drug-likeness (QED) is 0.619. The van der Waals surface area contributed by atoms with Gasteiger partial charge in [0.2, 0.25) is 5.82 Å². The van der Waals surface area contributed by atoms with Crippen molar-refractivity contribution < 1.29 is 18.3 Å². The minimum Gasteiger partial charge on any atom is -0.468 e. The monoisotopic (exact) mass is 274 g/mol. The van der Waals surface area contributed by atoms with Gasteiger partial charge in [0.05, 0.1) is 12.9 Å². The molecule has 0 aliphatic heterocycles. The van der Waals surface area contributed by atoms with Crippen LogP contribution in [0.2, 0.25) is 0 Å². The van der Waals surface area contributed by atoms with Crippen LogP contribution in [0.1, 0.15) is 12.2 Å². The lowest BCUT2D eigenvalue weighted by atomic mass is 10.5. The van der Waals surface area contributed by atoms with Crippen LogP contribution in [-0.4, -0.2) is 38.6 Å². The number of thioether (sulfide) groups is 1. The number of ether oxygens (including phenoxy) is 1. The van der Waals surface area contributed by atoms with Gasteiger partial charge in [-0.2, -0.15) is 9.61 Å². The number of nitrogens with zero attached hydrogens (tertiary/aromatic N) is 4. The molecule has 0 unspecified atom stereocenters. The van der Waals surface area contributed by atoms with Crippen molar-refractivity contribution in [1.82, 2.24) is 19.8 Å². The Kier molecular flexibility index (Phi) is 3.70. The number of carbonyl (C=O) groups excluding carboxylic acids is 1. The number of hydrogen-bond donors (Lipinski definition) is 0. The number of fused-ring (bicyclic) bond motifs is 1. The van der Waals surface area contributed by atoms with E-state index in [1.807, 2.05) is 0 Å². The summed E-state index contributed by atoms with van der Waals surface area (Å²) in [6, 6.07) is 3.08. The molecule has 0 bridgehead atoms. The van der Waals surface area contributed by atoms with Crippen LogP contribution in [0.15, 0.2) is 17.2 Å². The van der Waals surface area contributed by atoms with Gasteiger partial charge in [-0.05, 0) is 12.1 Å². The predicted molar refractivity (Wildman–Crippen MR) is 58.5 cm³/mol. The zero-order chi connectivity index (χ0) is 13.1. The van der Waals surface area contributed by atoms with Crippen molar-refractivity contribution in [2.24, 2.45) is 0 Å². The van der Waals surface area contributed by atoms with E-state index in [9.17, 15) is 13.6 Å². The highest BCUT2D eigenvalue weighted by molar-refractivity contribution is 7.99. The first-order valence-electron chi connectivity index (χ1n) is 4.82. The topological polar surface area (TPSA) is 69.4 Å². The van der Waals surface area contributed by atoms with Crippen LogP contribution < -0.4 is 0 Å². The number of hydrogen-bond acceptors (Lipinski definition) is 6. The minimum atomic E-state index is -2.76. The fourth-order valence-corrected chi connectivity index (χ4v) is 1.88. The van der Waals surface area contributed by atoms with Gasteiger partial charge in [-0.3, -0.25) is 4.79 Å². The molecule has 2 aromatic heterocycles. The van der Waals surface area contributed by atoms with Crippen LogP contribution in [0, 0.1) is 0 Å². The Bertz CT molecular complexity index is 575. The molecule has 0 aromatic carbocycles. The van der Waals surface area contributed by atoms with Gasteiger partial charge in [-0.25, -0.2) is 8.78 Å². The van der Waals surface area contributed by atoms with Gasteiger partial charge in [0.1, 0.15) is 5.03 Å². The molecule has 2 rings (SSSR count). The Labute approximate surface area is 104 Å². The lowest BCUT2D eigenvalue weighted by molar-refractivity contribution is -0.137. The molecular weight excluding hydrogens is 266 g/mol. The highest BCUT2D eigenvalue weighted by atomic mass is 32.2. The van der Waals surface area contributed by atoms with E-state index in [2.05, 4.69) is 20.0 Å². The van der Waals surface area contributed by atoms with Gasteiger partial charge in [0.15, 0.2) is 5.65 Å².